The predicted molar refractivity (Wildman–Crippen MR) is 85.2 cm³/mol. The number of rotatable bonds is 3. The van der Waals surface area contributed by atoms with Crippen LogP contribution in [0.15, 0.2) is 27.1 Å². The van der Waals surface area contributed by atoms with Gasteiger partial charge < -0.3 is 5.32 Å². The molecule has 0 aliphatic heterocycles. The summed E-state index contributed by atoms with van der Waals surface area (Å²) in [5, 5.41) is 4.39. The van der Waals surface area contributed by atoms with Crippen LogP contribution in [0.25, 0.3) is 10.9 Å². The molecular formula is C14H16Br2N2. The molecule has 0 aliphatic carbocycles. The summed E-state index contributed by atoms with van der Waals surface area (Å²) in [6.45, 7) is 4.42. The van der Waals surface area contributed by atoms with Crippen molar-refractivity contribution in [3.05, 3.63) is 32.8 Å². The van der Waals surface area contributed by atoms with Crippen molar-refractivity contribution in [2.24, 2.45) is 5.92 Å². The first kappa shape index (κ1) is 13.8. The van der Waals surface area contributed by atoms with Gasteiger partial charge in [-0.05, 0) is 46.5 Å². The van der Waals surface area contributed by atoms with Gasteiger partial charge in [0.2, 0.25) is 0 Å². The summed E-state index contributed by atoms with van der Waals surface area (Å²) < 4.78 is 2.09. The highest BCUT2D eigenvalue weighted by Crippen LogP contribution is 2.34. The zero-order valence-corrected chi connectivity index (χ0v) is 13.9. The van der Waals surface area contributed by atoms with Gasteiger partial charge in [0.05, 0.1) is 5.52 Å². The summed E-state index contributed by atoms with van der Waals surface area (Å²) >= 11 is 7.18. The molecule has 1 heterocycles. The Bertz CT molecular complexity index is 580. The molecule has 0 aliphatic rings. The third-order valence-corrected chi connectivity index (χ3v) is 4.10. The van der Waals surface area contributed by atoms with Crippen LogP contribution in [0.2, 0.25) is 0 Å². The van der Waals surface area contributed by atoms with Gasteiger partial charge in [-0.25, -0.2) is 0 Å². The smallest absolute Gasteiger partial charge is 0.0879 e. The van der Waals surface area contributed by atoms with E-state index in [9.17, 15) is 0 Å². The van der Waals surface area contributed by atoms with Crippen molar-refractivity contribution in [3.8, 4) is 0 Å². The van der Waals surface area contributed by atoms with Gasteiger partial charge in [-0.15, -0.1) is 0 Å². The first-order valence-corrected chi connectivity index (χ1v) is 7.57. The van der Waals surface area contributed by atoms with Crippen molar-refractivity contribution in [1.29, 1.82) is 0 Å². The molecule has 96 valence electrons. The maximum Gasteiger partial charge on any atom is 0.0879 e. The van der Waals surface area contributed by atoms with Gasteiger partial charge in [0.15, 0.2) is 0 Å². The second-order valence-electron chi connectivity index (χ2n) is 4.76. The lowest BCUT2D eigenvalue weighted by Crippen LogP contribution is -2.01. The van der Waals surface area contributed by atoms with Crippen LogP contribution in [0.4, 0.5) is 5.69 Å². The Hall–Kier alpha value is -0.610. The largest absolute Gasteiger partial charge is 0.387 e. The van der Waals surface area contributed by atoms with Gasteiger partial charge in [-0.1, -0.05) is 29.8 Å². The normalized spacial score (nSPS) is 11.2. The number of aromatic nitrogens is 1. The fraction of sp³-hybridized carbons (Fsp3) is 0.357. The third kappa shape index (κ3) is 2.69. The van der Waals surface area contributed by atoms with Crippen molar-refractivity contribution >= 4 is 48.5 Å². The van der Waals surface area contributed by atoms with E-state index in [1.54, 1.807) is 0 Å². The van der Waals surface area contributed by atoms with E-state index >= 15 is 0 Å². The minimum absolute atomic E-state index is 0.602. The number of fused-ring (bicyclic) bond motifs is 1. The van der Waals surface area contributed by atoms with Gasteiger partial charge in [0.25, 0.3) is 0 Å². The molecule has 18 heavy (non-hydrogen) atoms. The lowest BCUT2D eigenvalue weighted by molar-refractivity contribution is 0.637. The molecular weight excluding hydrogens is 356 g/mol. The van der Waals surface area contributed by atoms with E-state index in [1.807, 2.05) is 19.2 Å². The molecule has 1 aromatic carbocycles. The fourth-order valence-corrected chi connectivity index (χ4v) is 2.99. The van der Waals surface area contributed by atoms with Gasteiger partial charge in [0, 0.05) is 32.8 Å². The van der Waals surface area contributed by atoms with Crippen LogP contribution >= 0.6 is 31.9 Å². The average Bonchev–Trinajstić information content (AvgIpc) is 2.32. The second-order valence-corrected chi connectivity index (χ2v) is 6.47. The maximum absolute atomic E-state index is 4.77. The van der Waals surface area contributed by atoms with E-state index in [-0.39, 0.29) is 0 Å². The Balaban J connectivity index is 2.71. The molecule has 0 radical (unpaired) electrons. The Morgan fingerprint density at radius 1 is 1.22 bits per heavy atom. The molecule has 0 spiro atoms. The summed E-state index contributed by atoms with van der Waals surface area (Å²) in [5.74, 6) is 0.602. The monoisotopic (exact) mass is 370 g/mol. The van der Waals surface area contributed by atoms with Crippen molar-refractivity contribution in [1.82, 2.24) is 4.98 Å². The minimum atomic E-state index is 0.602. The van der Waals surface area contributed by atoms with Crippen LogP contribution in [0, 0.1) is 5.92 Å². The fourth-order valence-electron chi connectivity index (χ4n) is 2.04. The lowest BCUT2D eigenvalue weighted by Gasteiger charge is -2.13. The van der Waals surface area contributed by atoms with Crippen molar-refractivity contribution in [3.63, 3.8) is 0 Å². The highest BCUT2D eigenvalue weighted by molar-refractivity contribution is 9.11. The molecule has 1 N–H and O–H groups in total. The van der Waals surface area contributed by atoms with Crippen LogP contribution in [0.1, 0.15) is 19.5 Å². The molecule has 0 fully saturated rings. The standard InChI is InChI=1S/C14H16Br2N2/c1-8(2)6-9-7-12(17-3)13-10(15)4-5-11(16)14(13)18-9/h4-5,7-8H,6H2,1-3H3,(H,17,18). The summed E-state index contributed by atoms with van der Waals surface area (Å²) in [6.07, 6.45) is 0.990. The van der Waals surface area contributed by atoms with Crippen molar-refractivity contribution in [2.75, 3.05) is 12.4 Å². The molecule has 2 rings (SSSR count). The molecule has 0 bridgehead atoms. The number of hydrogen-bond acceptors (Lipinski definition) is 2. The molecule has 2 aromatic rings. The van der Waals surface area contributed by atoms with E-state index in [4.69, 9.17) is 4.98 Å². The summed E-state index contributed by atoms with van der Waals surface area (Å²) in [6, 6.07) is 6.20. The number of pyridine rings is 1. The molecule has 0 saturated carbocycles. The van der Waals surface area contributed by atoms with Crippen LogP contribution < -0.4 is 5.32 Å². The van der Waals surface area contributed by atoms with Crippen molar-refractivity contribution in [2.45, 2.75) is 20.3 Å². The topological polar surface area (TPSA) is 24.9 Å². The van der Waals surface area contributed by atoms with E-state index in [1.165, 1.54) is 0 Å². The summed E-state index contributed by atoms with van der Waals surface area (Å²) in [4.78, 5) is 4.77. The summed E-state index contributed by atoms with van der Waals surface area (Å²) in [5.41, 5.74) is 3.25. The molecule has 2 nitrogen and oxygen atoms in total. The van der Waals surface area contributed by atoms with Crippen LogP contribution in [0.3, 0.4) is 0 Å². The highest BCUT2D eigenvalue weighted by atomic mass is 79.9. The zero-order chi connectivity index (χ0) is 13.3. The first-order valence-electron chi connectivity index (χ1n) is 5.98. The number of benzene rings is 1. The molecule has 0 unspecified atom stereocenters. The minimum Gasteiger partial charge on any atom is -0.387 e. The number of nitrogens with one attached hydrogen (secondary N) is 1. The SMILES string of the molecule is CNc1cc(CC(C)C)nc2c(Br)ccc(Br)c12. The van der Waals surface area contributed by atoms with E-state index in [0.29, 0.717) is 5.92 Å². The first-order chi connectivity index (χ1) is 8.52. The second kappa shape index (κ2) is 5.57. The third-order valence-electron chi connectivity index (χ3n) is 2.80. The summed E-state index contributed by atoms with van der Waals surface area (Å²) in [7, 11) is 1.95. The number of anilines is 1. The lowest BCUT2D eigenvalue weighted by atomic mass is 10.1. The Labute approximate surface area is 124 Å². The molecule has 0 saturated heterocycles. The highest BCUT2D eigenvalue weighted by Gasteiger charge is 2.11. The van der Waals surface area contributed by atoms with Gasteiger partial charge in [0.1, 0.15) is 0 Å². The molecule has 1 aromatic heterocycles. The van der Waals surface area contributed by atoms with Gasteiger partial charge in [-0.3, -0.25) is 4.98 Å². The van der Waals surface area contributed by atoms with E-state index in [2.05, 4.69) is 57.1 Å². The van der Waals surface area contributed by atoms with Crippen LogP contribution in [-0.4, -0.2) is 12.0 Å². The van der Waals surface area contributed by atoms with Gasteiger partial charge in [-0.2, -0.15) is 0 Å². The Morgan fingerprint density at radius 3 is 2.50 bits per heavy atom. The predicted octanol–water partition coefficient (Wildman–Crippen LogP) is 5.00. The van der Waals surface area contributed by atoms with Crippen molar-refractivity contribution < 1.29 is 0 Å². The molecule has 0 amide bonds. The number of hydrogen-bond donors (Lipinski definition) is 1. The van der Waals surface area contributed by atoms with E-state index in [0.717, 1.165) is 37.7 Å². The van der Waals surface area contributed by atoms with Gasteiger partial charge >= 0.3 is 0 Å². The van der Waals surface area contributed by atoms with Crippen LogP contribution in [-0.2, 0) is 6.42 Å². The average molecular weight is 372 g/mol. The molecule has 0 atom stereocenters. The Morgan fingerprint density at radius 2 is 1.89 bits per heavy atom. The quantitative estimate of drug-likeness (QED) is 0.821. The number of halogens is 2. The van der Waals surface area contributed by atoms with Crippen LogP contribution in [0.5, 0.6) is 0 Å². The Kier molecular flexibility index (Phi) is 4.28. The molecule has 4 heteroatoms. The number of nitrogens with zero attached hydrogens (tertiary/aromatic N) is 1. The zero-order valence-electron chi connectivity index (χ0n) is 10.7. The maximum atomic E-state index is 4.77. The van der Waals surface area contributed by atoms with E-state index < -0.39 is 0 Å².